The zero-order valence-corrected chi connectivity index (χ0v) is 10.2. The summed E-state index contributed by atoms with van der Waals surface area (Å²) in [4.78, 5) is 15.8. The van der Waals surface area contributed by atoms with Crippen molar-refractivity contribution in [2.75, 3.05) is 0 Å². The minimum Gasteiger partial charge on any atom is -0.302 e. The standard InChI is InChI=1S/C13H15N3O/c1-8-4-5-12(9(2)6-8)14-7-11-10(3)15-16-13(11)17/h4-7H,1-3H3,(H2,15,16,17). The highest BCUT2D eigenvalue weighted by atomic mass is 16.1. The SMILES string of the molecule is Cc1ccc(N=Cc2c(C)[nH][nH]c2=O)c(C)c1. The van der Waals surface area contributed by atoms with Crippen LogP contribution >= 0.6 is 0 Å². The Morgan fingerprint density at radius 2 is 1.94 bits per heavy atom. The van der Waals surface area contributed by atoms with Gasteiger partial charge in [-0.25, -0.2) is 0 Å². The van der Waals surface area contributed by atoms with Crippen LogP contribution in [-0.2, 0) is 0 Å². The Morgan fingerprint density at radius 3 is 2.53 bits per heavy atom. The number of benzene rings is 1. The number of H-pyrrole nitrogens is 2. The van der Waals surface area contributed by atoms with Gasteiger partial charge >= 0.3 is 0 Å². The molecule has 0 atom stereocenters. The summed E-state index contributed by atoms with van der Waals surface area (Å²) in [6.07, 6.45) is 1.60. The number of nitrogens with zero attached hydrogens (tertiary/aromatic N) is 1. The summed E-state index contributed by atoms with van der Waals surface area (Å²) in [5, 5.41) is 5.29. The van der Waals surface area contributed by atoms with Crippen molar-refractivity contribution in [1.82, 2.24) is 10.2 Å². The van der Waals surface area contributed by atoms with E-state index in [2.05, 4.69) is 21.3 Å². The van der Waals surface area contributed by atoms with Gasteiger partial charge in [-0.05, 0) is 32.4 Å². The molecule has 0 bridgehead atoms. The van der Waals surface area contributed by atoms with Crippen molar-refractivity contribution in [1.29, 1.82) is 0 Å². The molecular weight excluding hydrogens is 214 g/mol. The molecule has 0 unspecified atom stereocenters. The average molecular weight is 229 g/mol. The molecule has 0 radical (unpaired) electrons. The summed E-state index contributed by atoms with van der Waals surface area (Å²) in [6.45, 7) is 5.89. The number of aromatic amines is 2. The van der Waals surface area contributed by atoms with Crippen molar-refractivity contribution in [2.45, 2.75) is 20.8 Å². The molecule has 88 valence electrons. The van der Waals surface area contributed by atoms with Crippen LogP contribution in [0, 0.1) is 20.8 Å². The zero-order valence-electron chi connectivity index (χ0n) is 10.2. The second-order valence-electron chi connectivity index (χ2n) is 4.17. The van der Waals surface area contributed by atoms with Crippen LogP contribution in [0.2, 0.25) is 0 Å². The van der Waals surface area contributed by atoms with Crippen molar-refractivity contribution < 1.29 is 0 Å². The molecule has 0 aliphatic heterocycles. The van der Waals surface area contributed by atoms with Crippen molar-refractivity contribution in [2.24, 2.45) is 4.99 Å². The van der Waals surface area contributed by atoms with Gasteiger partial charge < -0.3 is 5.10 Å². The monoisotopic (exact) mass is 229 g/mol. The Morgan fingerprint density at radius 1 is 1.18 bits per heavy atom. The molecule has 4 heteroatoms. The van der Waals surface area contributed by atoms with E-state index in [0.29, 0.717) is 5.56 Å². The molecule has 2 aromatic rings. The van der Waals surface area contributed by atoms with E-state index >= 15 is 0 Å². The van der Waals surface area contributed by atoms with E-state index in [9.17, 15) is 4.79 Å². The number of hydrogen-bond acceptors (Lipinski definition) is 2. The number of rotatable bonds is 2. The van der Waals surface area contributed by atoms with Crippen molar-refractivity contribution in [3.8, 4) is 0 Å². The van der Waals surface area contributed by atoms with Gasteiger partial charge in [0, 0.05) is 11.9 Å². The maximum Gasteiger partial charge on any atom is 0.272 e. The largest absolute Gasteiger partial charge is 0.302 e. The molecule has 1 aromatic carbocycles. The fourth-order valence-electron chi connectivity index (χ4n) is 1.70. The molecule has 0 saturated heterocycles. The summed E-state index contributed by atoms with van der Waals surface area (Å²) < 4.78 is 0. The van der Waals surface area contributed by atoms with E-state index in [1.54, 1.807) is 6.21 Å². The van der Waals surface area contributed by atoms with E-state index in [4.69, 9.17) is 0 Å². The zero-order chi connectivity index (χ0) is 12.4. The summed E-state index contributed by atoms with van der Waals surface area (Å²) in [5.41, 5.74) is 4.42. The fourth-order valence-corrected chi connectivity index (χ4v) is 1.70. The van der Waals surface area contributed by atoms with E-state index in [0.717, 1.165) is 16.9 Å². The van der Waals surface area contributed by atoms with Gasteiger partial charge in [0.05, 0.1) is 11.3 Å². The predicted octanol–water partition coefficient (Wildman–Crippen LogP) is 2.38. The molecule has 0 aliphatic carbocycles. The number of hydrogen-bond donors (Lipinski definition) is 2. The average Bonchev–Trinajstić information content (AvgIpc) is 2.58. The highest BCUT2D eigenvalue weighted by Crippen LogP contribution is 2.19. The fraction of sp³-hybridized carbons (Fsp3) is 0.231. The van der Waals surface area contributed by atoms with E-state index in [-0.39, 0.29) is 5.56 Å². The summed E-state index contributed by atoms with van der Waals surface area (Å²) in [5.74, 6) is 0. The van der Waals surface area contributed by atoms with Crippen LogP contribution in [0.5, 0.6) is 0 Å². The predicted molar refractivity (Wildman–Crippen MR) is 69.3 cm³/mol. The summed E-state index contributed by atoms with van der Waals surface area (Å²) >= 11 is 0. The molecular formula is C13H15N3O. The maximum atomic E-state index is 11.4. The third-order valence-corrected chi connectivity index (χ3v) is 2.70. The van der Waals surface area contributed by atoms with Gasteiger partial charge in [-0.3, -0.25) is 14.9 Å². The van der Waals surface area contributed by atoms with Crippen LogP contribution in [0.15, 0.2) is 28.0 Å². The number of nitrogens with one attached hydrogen (secondary N) is 2. The molecule has 1 heterocycles. The van der Waals surface area contributed by atoms with Crippen LogP contribution < -0.4 is 5.56 Å². The Balaban J connectivity index is 2.36. The van der Waals surface area contributed by atoms with Gasteiger partial charge in [-0.1, -0.05) is 17.7 Å². The highest BCUT2D eigenvalue weighted by Gasteiger charge is 2.02. The second kappa shape index (κ2) is 4.41. The first-order valence-corrected chi connectivity index (χ1v) is 5.46. The first-order chi connectivity index (χ1) is 8.08. The van der Waals surface area contributed by atoms with Gasteiger partial charge in [-0.15, -0.1) is 0 Å². The minimum atomic E-state index is -0.143. The molecule has 0 spiro atoms. The lowest BCUT2D eigenvalue weighted by Crippen LogP contribution is -2.04. The van der Waals surface area contributed by atoms with Crippen LogP contribution in [0.25, 0.3) is 0 Å². The van der Waals surface area contributed by atoms with Crippen molar-refractivity contribution in [3.05, 3.63) is 50.9 Å². The number of aryl methyl sites for hydroxylation is 3. The molecule has 17 heavy (non-hydrogen) atoms. The van der Waals surface area contributed by atoms with Crippen LogP contribution in [0.4, 0.5) is 5.69 Å². The lowest BCUT2D eigenvalue weighted by molar-refractivity contribution is 1.02. The quantitative estimate of drug-likeness (QED) is 0.763. The number of aromatic nitrogens is 2. The smallest absolute Gasteiger partial charge is 0.272 e. The Labute approximate surface area is 99.4 Å². The topological polar surface area (TPSA) is 61.0 Å². The summed E-state index contributed by atoms with van der Waals surface area (Å²) in [6, 6.07) is 6.03. The maximum absolute atomic E-state index is 11.4. The Kier molecular flexibility index (Phi) is 2.95. The lowest BCUT2D eigenvalue weighted by Gasteiger charge is -2.00. The first-order valence-electron chi connectivity index (χ1n) is 5.46. The van der Waals surface area contributed by atoms with Gasteiger partial charge in [0.2, 0.25) is 0 Å². The van der Waals surface area contributed by atoms with E-state index < -0.39 is 0 Å². The van der Waals surface area contributed by atoms with Gasteiger partial charge in [0.25, 0.3) is 5.56 Å². The second-order valence-corrected chi connectivity index (χ2v) is 4.17. The summed E-state index contributed by atoms with van der Waals surface area (Å²) in [7, 11) is 0. The van der Waals surface area contributed by atoms with Crippen molar-refractivity contribution >= 4 is 11.9 Å². The van der Waals surface area contributed by atoms with Crippen molar-refractivity contribution in [3.63, 3.8) is 0 Å². The molecule has 2 rings (SSSR count). The molecule has 0 aliphatic rings. The third kappa shape index (κ3) is 2.36. The lowest BCUT2D eigenvalue weighted by atomic mass is 10.1. The Hall–Kier alpha value is -2.10. The van der Waals surface area contributed by atoms with E-state index in [1.807, 2.05) is 32.9 Å². The minimum absolute atomic E-state index is 0.143. The first kappa shape index (κ1) is 11.4. The molecule has 1 aromatic heterocycles. The Bertz CT molecular complexity index is 620. The third-order valence-electron chi connectivity index (χ3n) is 2.70. The molecule has 2 N–H and O–H groups in total. The van der Waals surface area contributed by atoms with Gasteiger partial charge in [0.1, 0.15) is 0 Å². The van der Waals surface area contributed by atoms with Gasteiger partial charge in [-0.2, -0.15) is 0 Å². The molecule has 0 amide bonds. The van der Waals surface area contributed by atoms with Gasteiger partial charge in [0.15, 0.2) is 0 Å². The van der Waals surface area contributed by atoms with Crippen LogP contribution in [-0.4, -0.2) is 16.4 Å². The van der Waals surface area contributed by atoms with Crippen LogP contribution in [0.1, 0.15) is 22.4 Å². The normalized spacial score (nSPS) is 11.2. The highest BCUT2D eigenvalue weighted by molar-refractivity contribution is 5.83. The molecule has 0 saturated carbocycles. The van der Waals surface area contributed by atoms with E-state index in [1.165, 1.54) is 5.56 Å². The number of aliphatic imine (C=N–C) groups is 1. The molecule has 0 fully saturated rings. The van der Waals surface area contributed by atoms with Crippen LogP contribution in [0.3, 0.4) is 0 Å². The molecule has 4 nitrogen and oxygen atoms in total.